The third kappa shape index (κ3) is 5.39. The highest BCUT2D eigenvalue weighted by Gasteiger charge is 2.21. The summed E-state index contributed by atoms with van der Waals surface area (Å²) in [6, 6.07) is 5.67. The molecule has 0 aliphatic rings. The van der Waals surface area contributed by atoms with E-state index in [4.69, 9.17) is 0 Å². The SMILES string of the molecule is CCC(C)(C)NC(=O)C(C)NCc1cccc(C)n1. The Labute approximate surface area is 116 Å². The summed E-state index contributed by atoms with van der Waals surface area (Å²) in [4.78, 5) is 16.4. The highest BCUT2D eigenvalue weighted by Crippen LogP contribution is 2.07. The fourth-order valence-corrected chi connectivity index (χ4v) is 1.58. The van der Waals surface area contributed by atoms with E-state index < -0.39 is 0 Å². The molecule has 0 saturated heterocycles. The smallest absolute Gasteiger partial charge is 0.237 e. The van der Waals surface area contributed by atoms with Gasteiger partial charge in [0.2, 0.25) is 5.91 Å². The Morgan fingerprint density at radius 1 is 1.42 bits per heavy atom. The fourth-order valence-electron chi connectivity index (χ4n) is 1.58. The number of aromatic nitrogens is 1. The van der Waals surface area contributed by atoms with Gasteiger partial charge in [0.15, 0.2) is 0 Å². The number of carbonyl (C=O) groups excluding carboxylic acids is 1. The van der Waals surface area contributed by atoms with Gasteiger partial charge in [0.1, 0.15) is 0 Å². The molecule has 4 heteroatoms. The Balaban J connectivity index is 2.47. The number of nitrogens with zero attached hydrogens (tertiary/aromatic N) is 1. The zero-order chi connectivity index (χ0) is 14.5. The summed E-state index contributed by atoms with van der Waals surface area (Å²) in [6.45, 7) is 10.6. The molecule has 1 heterocycles. The normalized spacial score (nSPS) is 13.1. The predicted octanol–water partition coefficient (Wildman–Crippen LogP) is 2.17. The van der Waals surface area contributed by atoms with Crippen molar-refractivity contribution >= 4 is 5.91 Å². The summed E-state index contributed by atoms with van der Waals surface area (Å²) < 4.78 is 0. The van der Waals surface area contributed by atoms with Gasteiger partial charge in [-0.3, -0.25) is 9.78 Å². The molecule has 0 radical (unpaired) electrons. The zero-order valence-corrected chi connectivity index (χ0v) is 12.6. The van der Waals surface area contributed by atoms with E-state index in [0.717, 1.165) is 17.8 Å². The lowest BCUT2D eigenvalue weighted by Crippen LogP contribution is -2.50. The summed E-state index contributed by atoms with van der Waals surface area (Å²) in [5, 5.41) is 6.23. The number of aryl methyl sites for hydroxylation is 1. The maximum absolute atomic E-state index is 12.0. The summed E-state index contributed by atoms with van der Waals surface area (Å²) in [5.41, 5.74) is 1.78. The number of rotatable bonds is 6. The largest absolute Gasteiger partial charge is 0.350 e. The van der Waals surface area contributed by atoms with E-state index in [1.165, 1.54) is 0 Å². The highest BCUT2D eigenvalue weighted by atomic mass is 16.2. The lowest BCUT2D eigenvalue weighted by atomic mass is 10.0. The first kappa shape index (κ1) is 15.6. The van der Waals surface area contributed by atoms with Crippen molar-refractivity contribution in [3.8, 4) is 0 Å². The van der Waals surface area contributed by atoms with E-state index in [9.17, 15) is 4.79 Å². The predicted molar refractivity (Wildman–Crippen MR) is 77.8 cm³/mol. The Morgan fingerprint density at radius 3 is 2.68 bits per heavy atom. The Bertz CT molecular complexity index is 429. The molecule has 1 aromatic heterocycles. The minimum absolute atomic E-state index is 0.0273. The van der Waals surface area contributed by atoms with E-state index in [2.05, 4.69) is 22.5 Å². The quantitative estimate of drug-likeness (QED) is 0.827. The van der Waals surface area contributed by atoms with Crippen molar-refractivity contribution in [1.29, 1.82) is 0 Å². The second-order valence-electron chi connectivity index (χ2n) is 5.60. The molecule has 1 amide bonds. The lowest BCUT2D eigenvalue weighted by Gasteiger charge is -2.26. The average Bonchev–Trinajstić information content (AvgIpc) is 2.35. The van der Waals surface area contributed by atoms with Crippen molar-refractivity contribution in [2.75, 3.05) is 0 Å². The molecule has 1 unspecified atom stereocenters. The molecule has 19 heavy (non-hydrogen) atoms. The highest BCUT2D eigenvalue weighted by molar-refractivity contribution is 5.81. The first-order valence-corrected chi connectivity index (χ1v) is 6.82. The van der Waals surface area contributed by atoms with Crippen LogP contribution < -0.4 is 10.6 Å². The van der Waals surface area contributed by atoms with E-state index in [1.807, 2.05) is 45.9 Å². The van der Waals surface area contributed by atoms with Crippen molar-refractivity contribution in [2.24, 2.45) is 0 Å². The number of hydrogen-bond donors (Lipinski definition) is 2. The lowest BCUT2D eigenvalue weighted by molar-refractivity contribution is -0.124. The van der Waals surface area contributed by atoms with Gasteiger partial charge in [-0.15, -0.1) is 0 Å². The van der Waals surface area contributed by atoms with E-state index in [0.29, 0.717) is 6.54 Å². The minimum atomic E-state index is -0.229. The maximum atomic E-state index is 12.0. The number of carbonyl (C=O) groups is 1. The zero-order valence-electron chi connectivity index (χ0n) is 12.6. The molecular formula is C15H25N3O. The average molecular weight is 263 g/mol. The van der Waals surface area contributed by atoms with Gasteiger partial charge in [0.25, 0.3) is 0 Å². The molecule has 1 atom stereocenters. The Morgan fingerprint density at radius 2 is 2.11 bits per heavy atom. The van der Waals surface area contributed by atoms with Gasteiger partial charge in [-0.05, 0) is 46.2 Å². The van der Waals surface area contributed by atoms with Crippen LogP contribution in [0.1, 0.15) is 45.5 Å². The monoisotopic (exact) mass is 263 g/mol. The van der Waals surface area contributed by atoms with Crippen LogP contribution in [-0.4, -0.2) is 22.5 Å². The Kier molecular flexibility index (Phi) is 5.48. The fraction of sp³-hybridized carbons (Fsp3) is 0.600. The van der Waals surface area contributed by atoms with Gasteiger partial charge >= 0.3 is 0 Å². The standard InChI is InChI=1S/C15H25N3O/c1-6-15(4,5)18-14(19)12(3)16-10-13-9-7-8-11(2)17-13/h7-9,12,16H,6,10H2,1-5H3,(H,18,19). The summed E-state index contributed by atoms with van der Waals surface area (Å²) >= 11 is 0. The van der Waals surface area contributed by atoms with Gasteiger partial charge in [-0.25, -0.2) is 0 Å². The molecule has 1 rings (SSSR count). The van der Waals surface area contributed by atoms with Gasteiger partial charge in [-0.1, -0.05) is 13.0 Å². The van der Waals surface area contributed by atoms with Crippen LogP contribution in [0.2, 0.25) is 0 Å². The molecule has 1 aromatic rings. The minimum Gasteiger partial charge on any atom is -0.350 e. The van der Waals surface area contributed by atoms with Gasteiger partial charge in [0, 0.05) is 17.8 Å². The molecular weight excluding hydrogens is 238 g/mol. The molecule has 0 aliphatic heterocycles. The van der Waals surface area contributed by atoms with E-state index in [1.54, 1.807) is 0 Å². The molecule has 0 aliphatic carbocycles. The maximum Gasteiger partial charge on any atom is 0.237 e. The molecule has 106 valence electrons. The van der Waals surface area contributed by atoms with Crippen LogP contribution in [0.4, 0.5) is 0 Å². The molecule has 4 nitrogen and oxygen atoms in total. The van der Waals surface area contributed by atoms with Gasteiger partial charge in [-0.2, -0.15) is 0 Å². The van der Waals surface area contributed by atoms with E-state index >= 15 is 0 Å². The summed E-state index contributed by atoms with van der Waals surface area (Å²) in [7, 11) is 0. The number of hydrogen-bond acceptors (Lipinski definition) is 3. The first-order valence-electron chi connectivity index (χ1n) is 6.82. The van der Waals surface area contributed by atoms with Gasteiger partial charge in [0.05, 0.1) is 11.7 Å². The molecule has 0 fully saturated rings. The molecule has 0 saturated carbocycles. The van der Waals surface area contributed by atoms with Crippen LogP contribution in [0.5, 0.6) is 0 Å². The van der Waals surface area contributed by atoms with Crippen LogP contribution in [-0.2, 0) is 11.3 Å². The van der Waals surface area contributed by atoms with Crippen LogP contribution >= 0.6 is 0 Å². The summed E-state index contributed by atoms with van der Waals surface area (Å²) in [5.74, 6) is 0.0273. The number of nitrogens with one attached hydrogen (secondary N) is 2. The number of amides is 1. The molecule has 0 aromatic carbocycles. The van der Waals surface area contributed by atoms with Crippen molar-refractivity contribution < 1.29 is 4.79 Å². The third-order valence-corrected chi connectivity index (χ3v) is 3.27. The second kappa shape index (κ2) is 6.66. The first-order chi connectivity index (χ1) is 8.84. The van der Waals surface area contributed by atoms with Crippen LogP contribution in [0.15, 0.2) is 18.2 Å². The van der Waals surface area contributed by atoms with E-state index in [-0.39, 0.29) is 17.5 Å². The summed E-state index contributed by atoms with van der Waals surface area (Å²) in [6.07, 6.45) is 0.908. The molecule has 0 spiro atoms. The van der Waals surface area contributed by atoms with Crippen molar-refractivity contribution in [3.63, 3.8) is 0 Å². The molecule has 0 bridgehead atoms. The van der Waals surface area contributed by atoms with Crippen molar-refractivity contribution in [3.05, 3.63) is 29.6 Å². The van der Waals surface area contributed by atoms with Crippen molar-refractivity contribution in [2.45, 2.75) is 59.2 Å². The second-order valence-corrected chi connectivity index (χ2v) is 5.60. The topological polar surface area (TPSA) is 54.0 Å². The van der Waals surface area contributed by atoms with Crippen molar-refractivity contribution in [1.82, 2.24) is 15.6 Å². The van der Waals surface area contributed by atoms with Crippen LogP contribution in [0.3, 0.4) is 0 Å². The molecule has 2 N–H and O–H groups in total. The Hall–Kier alpha value is -1.42. The van der Waals surface area contributed by atoms with Gasteiger partial charge < -0.3 is 10.6 Å². The third-order valence-electron chi connectivity index (χ3n) is 3.27. The van der Waals surface area contributed by atoms with Crippen LogP contribution in [0, 0.1) is 6.92 Å². The number of pyridine rings is 1. The van der Waals surface area contributed by atoms with Crippen LogP contribution in [0.25, 0.3) is 0 Å².